The van der Waals surface area contributed by atoms with Crippen molar-refractivity contribution in [1.29, 1.82) is 0 Å². The Kier molecular flexibility index (Phi) is 3.47. The van der Waals surface area contributed by atoms with Crippen LogP contribution in [0.25, 0.3) is 0 Å². The summed E-state index contributed by atoms with van der Waals surface area (Å²) in [4.78, 5) is 5.65. The fourth-order valence-electron chi connectivity index (χ4n) is 1.70. The lowest BCUT2D eigenvalue weighted by molar-refractivity contribution is 0.512. The third-order valence-electron chi connectivity index (χ3n) is 2.56. The van der Waals surface area contributed by atoms with Crippen LogP contribution in [0.15, 0.2) is 6.20 Å². The number of nitrogens with one attached hydrogen (secondary N) is 1. The first kappa shape index (κ1) is 10.5. The van der Waals surface area contributed by atoms with Crippen molar-refractivity contribution in [3.8, 4) is 0 Å². The molecule has 4 heteroatoms. The van der Waals surface area contributed by atoms with Gasteiger partial charge < -0.3 is 5.32 Å². The summed E-state index contributed by atoms with van der Waals surface area (Å²) < 4.78 is 0. The van der Waals surface area contributed by atoms with Crippen LogP contribution in [0.5, 0.6) is 0 Å². The maximum absolute atomic E-state index is 4.35. The van der Waals surface area contributed by atoms with Crippen LogP contribution in [-0.2, 0) is 6.54 Å². The lowest BCUT2D eigenvalue weighted by atomic mass is 10.2. The summed E-state index contributed by atoms with van der Waals surface area (Å²) in [6.07, 6.45) is 3.25. The molecule has 2 atom stereocenters. The van der Waals surface area contributed by atoms with E-state index in [-0.39, 0.29) is 0 Å². The number of nitrogens with zero attached hydrogens (tertiary/aromatic N) is 1. The van der Waals surface area contributed by atoms with Crippen LogP contribution in [0.4, 0.5) is 0 Å². The molecule has 1 saturated heterocycles. The standard InChI is InChI=1S/C10H16N2S2/c1-7-5-12-10(14-7)6-11-9-3-4-13-8(9)2/h5,8-9,11H,3-4,6H2,1-2H3. The van der Waals surface area contributed by atoms with Gasteiger partial charge in [-0.15, -0.1) is 11.3 Å². The fraction of sp³-hybridized carbons (Fsp3) is 0.700. The van der Waals surface area contributed by atoms with Gasteiger partial charge in [-0.2, -0.15) is 11.8 Å². The van der Waals surface area contributed by atoms with Crippen LogP contribution in [-0.4, -0.2) is 22.0 Å². The van der Waals surface area contributed by atoms with Crippen molar-refractivity contribution in [3.05, 3.63) is 16.1 Å². The molecular formula is C10H16N2S2. The molecule has 2 heterocycles. The second-order valence-corrected chi connectivity index (χ2v) is 6.52. The highest BCUT2D eigenvalue weighted by atomic mass is 32.2. The third kappa shape index (κ3) is 2.49. The van der Waals surface area contributed by atoms with E-state index in [1.54, 1.807) is 11.3 Å². The zero-order valence-corrected chi connectivity index (χ0v) is 10.3. The number of hydrogen-bond acceptors (Lipinski definition) is 4. The molecule has 1 N–H and O–H groups in total. The van der Waals surface area contributed by atoms with Crippen molar-refractivity contribution in [2.75, 3.05) is 5.75 Å². The van der Waals surface area contributed by atoms with Crippen LogP contribution >= 0.6 is 23.1 Å². The van der Waals surface area contributed by atoms with Crippen LogP contribution in [0.3, 0.4) is 0 Å². The molecule has 1 fully saturated rings. The molecule has 14 heavy (non-hydrogen) atoms. The number of aromatic nitrogens is 1. The van der Waals surface area contributed by atoms with Gasteiger partial charge in [-0.05, 0) is 19.1 Å². The molecule has 0 aromatic carbocycles. The molecule has 0 amide bonds. The van der Waals surface area contributed by atoms with Crippen molar-refractivity contribution in [1.82, 2.24) is 10.3 Å². The fourth-order valence-corrected chi connectivity index (χ4v) is 3.67. The molecule has 1 aromatic rings. The van der Waals surface area contributed by atoms with Crippen molar-refractivity contribution in [2.45, 2.75) is 38.1 Å². The maximum atomic E-state index is 4.35. The predicted molar refractivity (Wildman–Crippen MR) is 64.0 cm³/mol. The van der Waals surface area contributed by atoms with E-state index < -0.39 is 0 Å². The first-order chi connectivity index (χ1) is 6.75. The zero-order valence-electron chi connectivity index (χ0n) is 8.62. The largest absolute Gasteiger partial charge is 0.307 e. The Balaban J connectivity index is 1.82. The summed E-state index contributed by atoms with van der Waals surface area (Å²) in [6.45, 7) is 5.35. The monoisotopic (exact) mass is 228 g/mol. The molecule has 2 nitrogen and oxygen atoms in total. The number of thioether (sulfide) groups is 1. The number of thiazole rings is 1. The molecule has 2 rings (SSSR count). The summed E-state index contributed by atoms with van der Waals surface area (Å²) in [5.74, 6) is 1.30. The van der Waals surface area contributed by atoms with Gasteiger partial charge in [0.2, 0.25) is 0 Å². The molecule has 0 bridgehead atoms. The predicted octanol–water partition coefficient (Wildman–Crippen LogP) is 2.44. The highest BCUT2D eigenvalue weighted by Crippen LogP contribution is 2.26. The van der Waals surface area contributed by atoms with Gasteiger partial charge in [0.15, 0.2) is 0 Å². The lowest BCUT2D eigenvalue weighted by Crippen LogP contribution is -2.32. The molecule has 1 aliphatic heterocycles. The van der Waals surface area contributed by atoms with E-state index in [9.17, 15) is 0 Å². The summed E-state index contributed by atoms with van der Waals surface area (Å²) in [5.41, 5.74) is 0. The van der Waals surface area contributed by atoms with E-state index >= 15 is 0 Å². The second-order valence-electron chi connectivity index (χ2n) is 3.72. The van der Waals surface area contributed by atoms with Gasteiger partial charge >= 0.3 is 0 Å². The number of rotatable bonds is 3. The average molecular weight is 228 g/mol. The van der Waals surface area contributed by atoms with Gasteiger partial charge in [0.1, 0.15) is 5.01 Å². The quantitative estimate of drug-likeness (QED) is 0.860. The van der Waals surface area contributed by atoms with E-state index in [2.05, 4.69) is 35.9 Å². The smallest absolute Gasteiger partial charge is 0.107 e. The minimum atomic E-state index is 0.684. The maximum Gasteiger partial charge on any atom is 0.107 e. The molecule has 0 radical (unpaired) electrons. The lowest BCUT2D eigenvalue weighted by Gasteiger charge is -2.15. The van der Waals surface area contributed by atoms with E-state index in [1.807, 2.05) is 6.20 Å². The molecule has 78 valence electrons. The average Bonchev–Trinajstić information content (AvgIpc) is 2.72. The molecule has 2 unspecified atom stereocenters. The Morgan fingerprint density at radius 1 is 1.64 bits per heavy atom. The van der Waals surface area contributed by atoms with Gasteiger partial charge in [-0.25, -0.2) is 4.98 Å². The highest BCUT2D eigenvalue weighted by molar-refractivity contribution is 8.00. The first-order valence-electron chi connectivity index (χ1n) is 5.02. The van der Waals surface area contributed by atoms with Crippen molar-refractivity contribution >= 4 is 23.1 Å². The van der Waals surface area contributed by atoms with Gasteiger partial charge in [-0.1, -0.05) is 6.92 Å². The Morgan fingerprint density at radius 2 is 2.50 bits per heavy atom. The minimum Gasteiger partial charge on any atom is -0.307 e. The van der Waals surface area contributed by atoms with Crippen LogP contribution in [0.1, 0.15) is 23.2 Å². The summed E-state index contributed by atoms with van der Waals surface area (Å²) in [5, 5.41) is 5.56. The summed E-state index contributed by atoms with van der Waals surface area (Å²) >= 11 is 3.86. The summed E-state index contributed by atoms with van der Waals surface area (Å²) in [7, 11) is 0. The Hall–Kier alpha value is -0.0600. The van der Waals surface area contributed by atoms with E-state index in [0.29, 0.717) is 6.04 Å². The Labute approximate surface area is 93.5 Å². The van der Waals surface area contributed by atoms with E-state index in [4.69, 9.17) is 0 Å². The van der Waals surface area contributed by atoms with Crippen molar-refractivity contribution in [2.24, 2.45) is 0 Å². The third-order valence-corrected chi connectivity index (χ3v) is 4.80. The Morgan fingerprint density at radius 3 is 3.07 bits per heavy atom. The molecule has 0 aliphatic carbocycles. The van der Waals surface area contributed by atoms with Gasteiger partial charge in [0, 0.05) is 28.9 Å². The Bertz CT molecular complexity index is 298. The van der Waals surface area contributed by atoms with Crippen LogP contribution in [0, 0.1) is 6.92 Å². The molecule has 1 aromatic heterocycles. The topological polar surface area (TPSA) is 24.9 Å². The van der Waals surface area contributed by atoms with E-state index in [0.717, 1.165) is 11.8 Å². The molecule has 0 spiro atoms. The van der Waals surface area contributed by atoms with Crippen LogP contribution < -0.4 is 5.32 Å². The molecule has 0 saturated carbocycles. The van der Waals surface area contributed by atoms with Crippen LogP contribution in [0.2, 0.25) is 0 Å². The minimum absolute atomic E-state index is 0.684. The van der Waals surface area contributed by atoms with Gasteiger partial charge in [0.25, 0.3) is 0 Å². The second kappa shape index (κ2) is 4.64. The van der Waals surface area contributed by atoms with Crippen molar-refractivity contribution < 1.29 is 0 Å². The number of hydrogen-bond donors (Lipinski definition) is 1. The summed E-state index contributed by atoms with van der Waals surface area (Å²) in [6, 6.07) is 0.684. The van der Waals surface area contributed by atoms with Crippen molar-refractivity contribution in [3.63, 3.8) is 0 Å². The number of aryl methyl sites for hydroxylation is 1. The molecule has 1 aliphatic rings. The SMILES string of the molecule is Cc1cnc(CNC2CCSC2C)s1. The van der Waals surface area contributed by atoms with Gasteiger partial charge in [0.05, 0.1) is 0 Å². The normalized spacial score (nSPS) is 27.0. The van der Waals surface area contributed by atoms with E-state index in [1.165, 1.54) is 22.1 Å². The zero-order chi connectivity index (χ0) is 9.97. The molecular weight excluding hydrogens is 212 g/mol. The first-order valence-corrected chi connectivity index (χ1v) is 6.88. The highest BCUT2D eigenvalue weighted by Gasteiger charge is 2.23. The van der Waals surface area contributed by atoms with Gasteiger partial charge in [-0.3, -0.25) is 0 Å².